The average molecular weight is 224 g/mol. The van der Waals surface area contributed by atoms with Gasteiger partial charge in [-0.25, -0.2) is 0 Å². The third-order valence-corrected chi connectivity index (χ3v) is 4.18. The predicted octanol–water partition coefficient (Wildman–Crippen LogP) is 1.68. The number of carbonyl (C=O) groups excluding carboxylic acids is 1. The number of hydrogen-bond donors (Lipinski definition) is 2. The van der Waals surface area contributed by atoms with E-state index in [0.29, 0.717) is 23.9 Å². The first-order chi connectivity index (χ1) is 7.66. The van der Waals surface area contributed by atoms with Crippen LogP contribution in [0.5, 0.6) is 0 Å². The van der Waals surface area contributed by atoms with Gasteiger partial charge in [0.25, 0.3) is 0 Å². The predicted molar refractivity (Wildman–Crippen MR) is 65.1 cm³/mol. The topological polar surface area (TPSA) is 41.1 Å². The molecule has 0 aromatic rings. The minimum absolute atomic E-state index is 0.240. The Labute approximate surface area is 98.4 Å². The Morgan fingerprint density at radius 2 is 2.06 bits per heavy atom. The Morgan fingerprint density at radius 1 is 1.25 bits per heavy atom. The number of amides is 1. The Balaban J connectivity index is 1.82. The second kappa shape index (κ2) is 5.17. The highest BCUT2D eigenvalue weighted by Crippen LogP contribution is 2.26. The van der Waals surface area contributed by atoms with Gasteiger partial charge in [-0.15, -0.1) is 0 Å². The van der Waals surface area contributed by atoms with E-state index in [1.807, 2.05) is 0 Å². The Kier molecular flexibility index (Phi) is 3.85. The summed E-state index contributed by atoms with van der Waals surface area (Å²) in [5.74, 6) is 1.21. The van der Waals surface area contributed by atoms with Crippen LogP contribution in [0.25, 0.3) is 0 Å². The van der Waals surface area contributed by atoms with Crippen LogP contribution in [0.1, 0.15) is 46.0 Å². The van der Waals surface area contributed by atoms with Crippen molar-refractivity contribution in [3.63, 3.8) is 0 Å². The minimum atomic E-state index is 0.240. The lowest BCUT2D eigenvalue weighted by atomic mass is 9.92. The summed E-state index contributed by atoms with van der Waals surface area (Å²) in [5.41, 5.74) is 0. The first-order valence-electron chi connectivity index (χ1n) is 6.70. The summed E-state index contributed by atoms with van der Waals surface area (Å²) < 4.78 is 0. The first-order valence-corrected chi connectivity index (χ1v) is 6.70. The number of rotatable bonds is 2. The van der Waals surface area contributed by atoms with Crippen molar-refractivity contribution in [3.8, 4) is 0 Å². The number of carbonyl (C=O) groups is 1. The molecule has 92 valence electrons. The van der Waals surface area contributed by atoms with Gasteiger partial charge < -0.3 is 10.6 Å². The molecule has 0 aromatic carbocycles. The highest BCUT2D eigenvalue weighted by atomic mass is 16.1. The zero-order valence-corrected chi connectivity index (χ0v) is 10.5. The molecule has 3 nitrogen and oxygen atoms in total. The summed E-state index contributed by atoms with van der Waals surface area (Å²) in [7, 11) is 0. The maximum absolute atomic E-state index is 12.1. The molecule has 1 saturated carbocycles. The quantitative estimate of drug-likeness (QED) is 0.749. The van der Waals surface area contributed by atoms with Crippen LogP contribution in [0.4, 0.5) is 0 Å². The van der Waals surface area contributed by atoms with Crippen molar-refractivity contribution >= 4 is 5.91 Å². The normalized spacial score (nSPS) is 39.6. The van der Waals surface area contributed by atoms with E-state index in [1.165, 1.54) is 19.3 Å². The summed E-state index contributed by atoms with van der Waals surface area (Å²) in [5, 5.41) is 6.64. The standard InChI is InChI=1S/C13H24N2O/c1-9-4-3-5-12(9)15-13(16)11-6-7-14-10(2)8-11/h9-12,14H,3-8H2,1-2H3,(H,15,16). The van der Waals surface area contributed by atoms with E-state index < -0.39 is 0 Å². The van der Waals surface area contributed by atoms with Gasteiger partial charge >= 0.3 is 0 Å². The summed E-state index contributed by atoms with van der Waals surface area (Å²) in [6, 6.07) is 0.934. The molecule has 0 bridgehead atoms. The Morgan fingerprint density at radius 3 is 2.69 bits per heavy atom. The van der Waals surface area contributed by atoms with Gasteiger partial charge in [-0.1, -0.05) is 13.3 Å². The second-order valence-corrected chi connectivity index (χ2v) is 5.60. The van der Waals surface area contributed by atoms with Crippen molar-refractivity contribution in [1.82, 2.24) is 10.6 Å². The molecule has 0 spiro atoms. The van der Waals surface area contributed by atoms with Gasteiger partial charge in [-0.05, 0) is 45.1 Å². The lowest BCUT2D eigenvalue weighted by Gasteiger charge is -2.29. The third-order valence-electron chi connectivity index (χ3n) is 4.18. The van der Waals surface area contributed by atoms with Crippen LogP contribution in [0, 0.1) is 11.8 Å². The fourth-order valence-electron chi connectivity index (χ4n) is 3.03. The van der Waals surface area contributed by atoms with Crippen molar-refractivity contribution in [2.45, 2.75) is 58.0 Å². The van der Waals surface area contributed by atoms with Gasteiger partial charge in [-0.3, -0.25) is 4.79 Å². The fraction of sp³-hybridized carbons (Fsp3) is 0.923. The zero-order valence-electron chi connectivity index (χ0n) is 10.5. The average Bonchev–Trinajstić information content (AvgIpc) is 2.64. The largest absolute Gasteiger partial charge is 0.353 e. The highest BCUT2D eigenvalue weighted by molar-refractivity contribution is 5.79. The van der Waals surface area contributed by atoms with Crippen LogP contribution in [0.2, 0.25) is 0 Å². The minimum Gasteiger partial charge on any atom is -0.353 e. The van der Waals surface area contributed by atoms with Crippen molar-refractivity contribution < 1.29 is 4.79 Å². The molecule has 2 aliphatic rings. The van der Waals surface area contributed by atoms with Crippen LogP contribution in [-0.2, 0) is 4.79 Å². The molecular formula is C13H24N2O. The van der Waals surface area contributed by atoms with Gasteiger partial charge in [-0.2, -0.15) is 0 Å². The van der Waals surface area contributed by atoms with Crippen molar-refractivity contribution in [1.29, 1.82) is 0 Å². The Bertz CT molecular complexity index is 254. The smallest absolute Gasteiger partial charge is 0.223 e. The Hall–Kier alpha value is -0.570. The fourth-order valence-corrected chi connectivity index (χ4v) is 3.03. The van der Waals surface area contributed by atoms with E-state index in [2.05, 4.69) is 24.5 Å². The molecule has 1 amide bonds. The zero-order chi connectivity index (χ0) is 11.5. The first kappa shape index (κ1) is 11.9. The summed E-state index contributed by atoms with van der Waals surface area (Å²) in [6.45, 7) is 5.40. The lowest BCUT2D eigenvalue weighted by Crippen LogP contribution is -2.45. The van der Waals surface area contributed by atoms with E-state index in [4.69, 9.17) is 0 Å². The summed E-state index contributed by atoms with van der Waals surface area (Å²) in [4.78, 5) is 12.1. The molecule has 2 fully saturated rings. The molecule has 2 rings (SSSR count). The van der Waals surface area contributed by atoms with Crippen LogP contribution in [0.3, 0.4) is 0 Å². The summed E-state index contributed by atoms with van der Waals surface area (Å²) >= 11 is 0. The molecule has 3 heteroatoms. The van der Waals surface area contributed by atoms with Crippen molar-refractivity contribution in [2.75, 3.05) is 6.54 Å². The molecule has 1 heterocycles. The van der Waals surface area contributed by atoms with E-state index in [9.17, 15) is 4.79 Å². The van der Waals surface area contributed by atoms with Crippen LogP contribution < -0.4 is 10.6 Å². The molecule has 4 unspecified atom stereocenters. The van der Waals surface area contributed by atoms with Crippen molar-refractivity contribution in [2.24, 2.45) is 11.8 Å². The molecule has 0 radical (unpaired) electrons. The van der Waals surface area contributed by atoms with E-state index in [1.54, 1.807) is 0 Å². The van der Waals surface area contributed by atoms with Crippen LogP contribution in [0.15, 0.2) is 0 Å². The van der Waals surface area contributed by atoms with E-state index in [0.717, 1.165) is 19.4 Å². The monoisotopic (exact) mass is 224 g/mol. The summed E-state index contributed by atoms with van der Waals surface area (Å²) in [6.07, 6.45) is 5.71. The SMILES string of the molecule is CC1CC(C(=O)NC2CCCC2C)CCN1. The van der Waals surface area contributed by atoms with Gasteiger partial charge in [0.2, 0.25) is 5.91 Å². The molecular weight excluding hydrogens is 200 g/mol. The van der Waals surface area contributed by atoms with E-state index in [-0.39, 0.29) is 5.92 Å². The molecule has 16 heavy (non-hydrogen) atoms. The van der Waals surface area contributed by atoms with Gasteiger partial charge in [0, 0.05) is 18.0 Å². The molecule has 0 aromatic heterocycles. The molecule has 2 N–H and O–H groups in total. The number of nitrogens with one attached hydrogen (secondary N) is 2. The van der Waals surface area contributed by atoms with Gasteiger partial charge in [0.05, 0.1) is 0 Å². The molecule has 1 saturated heterocycles. The third kappa shape index (κ3) is 2.76. The molecule has 1 aliphatic heterocycles. The van der Waals surface area contributed by atoms with E-state index >= 15 is 0 Å². The number of hydrogen-bond acceptors (Lipinski definition) is 2. The lowest BCUT2D eigenvalue weighted by molar-refractivity contribution is -0.127. The van der Waals surface area contributed by atoms with Crippen LogP contribution in [-0.4, -0.2) is 24.5 Å². The second-order valence-electron chi connectivity index (χ2n) is 5.60. The van der Waals surface area contributed by atoms with Crippen molar-refractivity contribution in [3.05, 3.63) is 0 Å². The van der Waals surface area contributed by atoms with Gasteiger partial charge in [0.1, 0.15) is 0 Å². The maximum Gasteiger partial charge on any atom is 0.223 e. The highest BCUT2D eigenvalue weighted by Gasteiger charge is 2.29. The number of piperidine rings is 1. The maximum atomic E-state index is 12.1. The molecule has 4 atom stereocenters. The van der Waals surface area contributed by atoms with Crippen LogP contribution >= 0.6 is 0 Å². The molecule has 1 aliphatic carbocycles. The van der Waals surface area contributed by atoms with Gasteiger partial charge in [0.15, 0.2) is 0 Å².